The predicted molar refractivity (Wildman–Crippen MR) is 107 cm³/mol. The van der Waals surface area contributed by atoms with Crippen molar-refractivity contribution in [3.8, 4) is 5.75 Å². The maximum atomic E-state index is 12.3. The van der Waals surface area contributed by atoms with E-state index >= 15 is 0 Å². The number of amides is 3. The number of benzene rings is 2. The van der Waals surface area contributed by atoms with E-state index in [1.807, 2.05) is 25.1 Å². The number of nitrogens with zero attached hydrogens (tertiary/aromatic N) is 1. The number of carbonyl (C=O) groups is 3. The summed E-state index contributed by atoms with van der Waals surface area (Å²) in [6.45, 7) is 1.92. The van der Waals surface area contributed by atoms with E-state index in [0.717, 1.165) is 5.39 Å². The molecule has 0 bridgehead atoms. The second-order valence-corrected chi connectivity index (χ2v) is 6.00. The standard InChI is InChI=1S/C21H20N4O4/c1-2-29-18-10-6-4-8-15(18)20(27)22-13-19(26)24-25-21(28)17-12-11-14-7-3-5-9-16(14)23-17/h3-12H,2,13H2,1H3,(H,22,27)(H,24,26)(H,25,28). The van der Waals surface area contributed by atoms with Gasteiger partial charge in [0.15, 0.2) is 0 Å². The van der Waals surface area contributed by atoms with Gasteiger partial charge in [-0.3, -0.25) is 25.2 Å². The van der Waals surface area contributed by atoms with E-state index in [0.29, 0.717) is 23.4 Å². The van der Waals surface area contributed by atoms with Crippen LogP contribution in [0.4, 0.5) is 0 Å². The summed E-state index contributed by atoms with van der Waals surface area (Å²) in [4.78, 5) is 40.6. The summed E-state index contributed by atoms with van der Waals surface area (Å²) in [5.41, 5.74) is 5.70. The number of fused-ring (bicyclic) bond motifs is 1. The SMILES string of the molecule is CCOc1ccccc1C(=O)NCC(=O)NNC(=O)c1ccc2ccccc2n1. The predicted octanol–water partition coefficient (Wildman–Crippen LogP) is 1.82. The first-order chi connectivity index (χ1) is 14.1. The lowest BCUT2D eigenvalue weighted by molar-refractivity contribution is -0.120. The molecule has 3 amide bonds. The van der Waals surface area contributed by atoms with Crippen molar-refractivity contribution in [1.29, 1.82) is 0 Å². The summed E-state index contributed by atoms with van der Waals surface area (Å²) in [7, 11) is 0. The Kier molecular flexibility index (Phi) is 6.36. The second kappa shape index (κ2) is 9.32. The van der Waals surface area contributed by atoms with Gasteiger partial charge in [-0.2, -0.15) is 0 Å². The third kappa shape index (κ3) is 5.07. The van der Waals surface area contributed by atoms with Crippen LogP contribution in [-0.4, -0.2) is 35.9 Å². The maximum Gasteiger partial charge on any atom is 0.288 e. The fourth-order valence-electron chi connectivity index (χ4n) is 2.62. The number of aromatic nitrogens is 1. The van der Waals surface area contributed by atoms with Crippen LogP contribution < -0.4 is 20.9 Å². The van der Waals surface area contributed by atoms with Gasteiger partial charge in [0.05, 0.1) is 24.2 Å². The van der Waals surface area contributed by atoms with Gasteiger partial charge in [0.25, 0.3) is 17.7 Å². The molecule has 3 rings (SSSR count). The van der Waals surface area contributed by atoms with Crippen LogP contribution in [0.15, 0.2) is 60.7 Å². The van der Waals surface area contributed by atoms with Crippen molar-refractivity contribution in [1.82, 2.24) is 21.2 Å². The number of hydrogen-bond acceptors (Lipinski definition) is 5. The van der Waals surface area contributed by atoms with E-state index in [2.05, 4.69) is 21.2 Å². The van der Waals surface area contributed by atoms with Crippen molar-refractivity contribution in [2.75, 3.05) is 13.2 Å². The van der Waals surface area contributed by atoms with Crippen molar-refractivity contribution in [3.63, 3.8) is 0 Å². The van der Waals surface area contributed by atoms with E-state index in [4.69, 9.17) is 4.74 Å². The molecule has 0 aliphatic rings. The van der Waals surface area contributed by atoms with Crippen molar-refractivity contribution in [2.45, 2.75) is 6.92 Å². The van der Waals surface area contributed by atoms with Crippen molar-refractivity contribution in [2.24, 2.45) is 0 Å². The normalized spacial score (nSPS) is 10.2. The number of ether oxygens (including phenoxy) is 1. The Morgan fingerprint density at radius 1 is 0.897 bits per heavy atom. The molecule has 0 unspecified atom stereocenters. The second-order valence-electron chi connectivity index (χ2n) is 6.00. The molecule has 148 valence electrons. The first-order valence-electron chi connectivity index (χ1n) is 9.03. The zero-order valence-corrected chi connectivity index (χ0v) is 15.8. The molecule has 8 heteroatoms. The zero-order chi connectivity index (χ0) is 20.6. The van der Waals surface area contributed by atoms with E-state index in [9.17, 15) is 14.4 Å². The van der Waals surface area contributed by atoms with Crippen LogP contribution in [0.1, 0.15) is 27.8 Å². The molecule has 0 radical (unpaired) electrons. The summed E-state index contributed by atoms with van der Waals surface area (Å²) in [5, 5.41) is 3.39. The Labute approximate surface area is 167 Å². The molecule has 1 heterocycles. The third-order valence-corrected chi connectivity index (χ3v) is 3.99. The molecule has 0 fully saturated rings. The summed E-state index contributed by atoms with van der Waals surface area (Å²) < 4.78 is 5.40. The van der Waals surface area contributed by atoms with Gasteiger partial charge in [0.1, 0.15) is 11.4 Å². The molecule has 29 heavy (non-hydrogen) atoms. The van der Waals surface area contributed by atoms with Gasteiger partial charge < -0.3 is 10.1 Å². The highest BCUT2D eigenvalue weighted by molar-refractivity contribution is 5.99. The Balaban J connectivity index is 1.51. The Morgan fingerprint density at radius 2 is 1.66 bits per heavy atom. The van der Waals surface area contributed by atoms with Gasteiger partial charge in [-0.05, 0) is 31.2 Å². The van der Waals surface area contributed by atoms with E-state index in [1.165, 1.54) is 0 Å². The summed E-state index contributed by atoms with van der Waals surface area (Å²) in [6, 6.07) is 17.5. The lowest BCUT2D eigenvalue weighted by Crippen LogP contribution is -2.46. The fourth-order valence-corrected chi connectivity index (χ4v) is 2.62. The molecule has 3 aromatic rings. The largest absolute Gasteiger partial charge is 0.493 e. The topological polar surface area (TPSA) is 109 Å². The number of hydrazine groups is 1. The monoisotopic (exact) mass is 392 g/mol. The summed E-state index contributed by atoms with van der Waals surface area (Å²) in [6.07, 6.45) is 0. The van der Waals surface area contributed by atoms with E-state index in [1.54, 1.807) is 42.5 Å². The first kappa shape index (κ1) is 19.8. The average molecular weight is 392 g/mol. The number of carbonyl (C=O) groups excluding carboxylic acids is 3. The number of rotatable bonds is 6. The number of pyridine rings is 1. The van der Waals surface area contributed by atoms with Gasteiger partial charge in [-0.15, -0.1) is 0 Å². The molecule has 1 aromatic heterocycles. The van der Waals surface area contributed by atoms with Crippen LogP contribution >= 0.6 is 0 Å². The van der Waals surface area contributed by atoms with Crippen molar-refractivity contribution in [3.05, 3.63) is 71.9 Å². The minimum absolute atomic E-state index is 0.165. The summed E-state index contributed by atoms with van der Waals surface area (Å²) >= 11 is 0. The van der Waals surface area contributed by atoms with E-state index in [-0.39, 0.29) is 12.2 Å². The zero-order valence-electron chi connectivity index (χ0n) is 15.8. The van der Waals surface area contributed by atoms with Gasteiger partial charge in [0, 0.05) is 5.39 Å². The smallest absolute Gasteiger partial charge is 0.288 e. The molecule has 0 saturated heterocycles. The minimum atomic E-state index is -0.582. The molecule has 0 spiro atoms. The molecule has 8 nitrogen and oxygen atoms in total. The molecule has 3 N–H and O–H groups in total. The maximum absolute atomic E-state index is 12.3. The van der Waals surface area contributed by atoms with Crippen LogP contribution in [0.2, 0.25) is 0 Å². The minimum Gasteiger partial charge on any atom is -0.493 e. The number of para-hydroxylation sites is 2. The Bertz CT molecular complexity index is 1050. The highest BCUT2D eigenvalue weighted by Gasteiger charge is 2.14. The average Bonchev–Trinajstić information content (AvgIpc) is 2.76. The van der Waals surface area contributed by atoms with Crippen LogP contribution in [0, 0.1) is 0 Å². The Morgan fingerprint density at radius 3 is 2.48 bits per heavy atom. The molecule has 2 aromatic carbocycles. The van der Waals surface area contributed by atoms with Gasteiger partial charge in [-0.25, -0.2) is 4.98 Å². The van der Waals surface area contributed by atoms with Gasteiger partial charge in [0.2, 0.25) is 0 Å². The third-order valence-electron chi connectivity index (χ3n) is 3.99. The number of hydrogen-bond donors (Lipinski definition) is 3. The highest BCUT2D eigenvalue weighted by atomic mass is 16.5. The van der Waals surface area contributed by atoms with Crippen LogP contribution in [0.5, 0.6) is 5.75 Å². The molecule has 0 saturated carbocycles. The van der Waals surface area contributed by atoms with Crippen LogP contribution in [0.3, 0.4) is 0 Å². The molecule has 0 aliphatic carbocycles. The summed E-state index contributed by atoms with van der Waals surface area (Å²) in [5.74, 6) is -1.16. The number of nitrogens with one attached hydrogen (secondary N) is 3. The van der Waals surface area contributed by atoms with Crippen molar-refractivity contribution < 1.29 is 19.1 Å². The highest BCUT2D eigenvalue weighted by Crippen LogP contribution is 2.17. The lowest BCUT2D eigenvalue weighted by atomic mass is 10.2. The molecule has 0 atom stereocenters. The molecule has 0 aliphatic heterocycles. The lowest BCUT2D eigenvalue weighted by Gasteiger charge is -2.11. The first-order valence-corrected chi connectivity index (χ1v) is 9.03. The van der Waals surface area contributed by atoms with Gasteiger partial charge >= 0.3 is 0 Å². The van der Waals surface area contributed by atoms with Gasteiger partial charge in [-0.1, -0.05) is 36.4 Å². The quantitative estimate of drug-likeness (QED) is 0.555. The Hall–Kier alpha value is -3.94. The van der Waals surface area contributed by atoms with Crippen LogP contribution in [0.25, 0.3) is 10.9 Å². The molecular formula is C21H20N4O4. The van der Waals surface area contributed by atoms with E-state index < -0.39 is 17.7 Å². The van der Waals surface area contributed by atoms with Crippen LogP contribution in [-0.2, 0) is 4.79 Å². The molecular weight excluding hydrogens is 372 g/mol. The van der Waals surface area contributed by atoms with Crippen molar-refractivity contribution >= 4 is 28.6 Å². The fraction of sp³-hybridized carbons (Fsp3) is 0.143.